The summed E-state index contributed by atoms with van der Waals surface area (Å²) in [6, 6.07) is 8.37. The Morgan fingerprint density at radius 1 is 1.31 bits per heavy atom. The summed E-state index contributed by atoms with van der Waals surface area (Å²) < 4.78 is 0. The van der Waals surface area contributed by atoms with Crippen molar-refractivity contribution in [2.24, 2.45) is 21.9 Å². The minimum atomic E-state index is 0.352. The molecule has 0 saturated heterocycles. The SMILES string of the molecule is CCc1ccccc1C1=NN=C(N)CC1C. The molecule has 0 fully saturated rings. The Labute approximate surface area is 96.1 Å². The molecule has 0 bridgehead atoms. The minimum Gasteiger partial charge on any atom is -0.386 e. The third-order valence-corrected chi connectivity index (χ3v) is 2.94. The summed E-state index contributed by atoms with van der Waals surface area (Å²) in [6.45, 7) is 4.30. The van der Waals surface area contributed by atoms with E-state index in [2.05, 4.69) is 42.2 Å². The van der Waals surface area contributed by atoms with Gasteiger partial charge in [-0.3, -0.25) is 0 Å². The lowest BCUT2D eigenvalue weighted by molar-refractivity contribution is 0.782. The van der Waals surface area contributed by atoms with Gasteiger partial charge in [0.1, 0.15) is 5.84 Å². The number of hydrogen-bond donors (Lipinski definition) is 1. The maximum Gasteiger partial charge on any atom is 0.123 e. The molecule has 1 aromatic carbocycles. The van der Waals surface area contributed by atoms with E-state index in [1.54, 1.807) is 0 Å². The average molecular weight is 215 g/mol. The molecule has 0 aliphatic carbocycles. The van der Waals surface area contributed by atoms with Crippen molar-refractivity contribution in [2.75, 3.05) is 0 Å². The van der Waals surface area contributed by atoms with E-state index in [0.717, 1.165) is 18.6 Å². The average Bonchev–Trinajstić information content (AvgIpc) is 2.29. The zero-order chi connectivity index (χ0) is 11.5. The fourth-order valence-electron chi connectivity index (χ4n) is 2.07. The number of benzene rings is 1. The fraction of sp³-hybridized carbons (Fsp3) is 0.385. The summed E-state index contributed by atoms with van der Waals surface area (Å²) in [5.74, 6) is 0.982. The van der Waals surface area contributed by atoms with Crippen LogP contribution in [0.15, 0.2) is 34.5 Å². The van der Waals surface area contributed by atoms with Gasteiger partial charge in [-0.15, -0.1) is 5.10 Å². The van der Waals surface area contributed by atoms with Crippen LogP contribution in [0.25, 0.3) is 0 Å². The van der Waals surface area contributed by atoms with E-state index in [9.17, 15) is 0 Å². The van der Waals surface area contributed by atoms with Gasteiger partial charge in [-0.05, 0) is 12.0 Å². The van der Waals surface area contributed by atoms with Gasteiger partial charge in [0.2, 0.25) is 0 Å². The van der Waals surface area contributed by atoms with Gasteiger partial charge in [-0.1, -0.05) is 38.1 Å². The van der Waals surface area contributed by atoms with Crippen LogP contribution < -0.4 is 5.73 Å². The van der Waals surface area contributed by atoms with Crippen molar-refractivity contribution in [1.29, 1.82) is 0 Å². The van der Waals surface area contributed by atoms with Crippen molar-refractivity contribution >= 4 is 11.5 Å². The maximum atomic E-state index is 5.68. The van der Waals surface area contributed by atoms with Crippen molar-refractivity contribution in [3.05, 3.63) is 35.4 Å². The topological polar surface area (TPSA) is 50.7 Å². The molecule has 0 amide bonds. The number of aryl methyl sites for hydroxylation is 1. The summed E-state index contributed by atoms with van der Waals surface area (Å²) in [4.78, 5) is 0. The second kappa shape index (κ2) is 4.47. The summed E-state index contributed by atoms with van der Waals surface area (Å²) in [5, 5.41) is 8.25. The predicted molar refractivity (Wildman–Crippen MR) is 67.8 cm³/mol. The van der Waals surface area contributed by atoms with Crippen LogP contribution in [0, 0.1) is 5.92 Å². The molecule has 0 saturated carbocycles. The monoisotopic (exact) mass is 215 g/mol. The Morgan fingerprint density at radius 3 is 2.75 bits per heavy atom. The lowest BCUT2D eigenvalue weighted by atomic mass is 9.90. The van der Waals surface area contributed by atoms with Crippen LogP contribution in [0.2, 0.25) is 0 Å². The smallest absolute Gasteiger partial charge is 0.123 e. The number of amidine groups is 1. The minimum absolute atomic E-state index is 0.352. The molecule has 1 unspecified atom stereocenters. The second-order valence-corrected chi connectivity index (χ2v) is 4.19. The third-order valence-electron chi connectivity index (χ3n) is 2.94. The Balaban J connectivity index is 2.44. The third kappa shape index (κ3) is 1.98. The van der Waals surface area contributed by atoms with Crippen LogP contribution in [0.4, 0.5) is 0 Å². The molecule has 3 nitrogen and oxygen atoms in total. The van der Waals surface area contributed by atoms with E-state index in [4.69, 9.17) is 5.73 Å². The summed E-state index contributed by atoms with van der Waals surface area (Å²) in [7, 11) is 0. The molecular formula is C13H17N3. The quantitative estimate of drug-likeness (QED) is 0.808. The van der Waals surface area contributed by atoms with Gasteiger partial charge in [0.05, 0.1) is 5.71 Å². The largest absolute Gasteiger partial charge is 0.386 e. The molecule has 0 spiro atoms. The molecule has 1 heterocycles. The molecule has 1 aromatic rings. The number of hydrogen-bond acceptors (Lipinski definition) is 3. The van der Waals surface area contributed by atoms with Crippen molar-refractivity contribution in [1.82, 2.24) is 0 Å². The first-order chi connectivity index (χ1) is 7.72. The van der Waals surface area contributed by atoms with Gasteiger partial charge >= 0.3 is 0 Å². The Hall–Kier alpha value is -1.64. The van der Waals surface area contributed by atoms with Crippen molar-refractivity contribution in [2.45, 2.75) is 26.7 Å². The Bertz CT molecular complexity index is 446. The zero-order valence-corrected chi connectivity index (χ0v) is 9.77. The Kier molecular flexibility index (Phi) is 3.04. The highest BCUT2D eigenvalue weighted by molar-refractivity contribution is 6.06. The number of rotatable bonds is 2. The second-order valence-electron chi connectivity index (χ2n) is 4.19. The van der Waals surface area contributed by atoms with Crippen LogP contribution >= 0.6 is 0 Å². The molecule has 84 valence electrons. The first-order valence-electron chi connectivity index (χ1n) is 5.70. The molecule has 1 atom stereocenters. The van der Waals surface area contributed by atoms with Gasteiger partial charge in [0.25, 0.3) is 0 Å². The van der Waals surface area contributed by atoms with E-state index < -0.39 is 0 Å². The molecule has 1 aliphatic heterocycles. The van der Waals surface area contributed by atoms with Crippen molar-refractivity contribution in [3.8, 4) is 0 Å². The highest BCUT2D eigenvalue weighted by Gasteiger charge is 2.19. The lowest BCUT2D eigenvalue weighted by Crippen LogP contribution is -2.25. The molecule has 2 rings (SSSR count). The number of nitrogens with two attached hydrogens (primary N) is 1. The van der Waals surface area contributed by atoms with Crippen molar-refractivity contribution in [3.63, 3.8) is 0 Å². The summed E-state index contributed by atoms with van der Waals surface area (Å²) >= 11 is 0. The van der Waals surface area contributed by atoms with Gasteiger partial charge in [0, 0.05) is 17.9 Å². The first-order valence-corrected chi connectivity index (χ1v) is 5.70. The van der Waals surface area contributed by atoms with E-state index in [-0.39, 0.29) is 0 Å². The highest BCUT2D eigenvalue weighted by atomic mass is 15.2. The zero-order valence-electron chi connectivity index (χ0n) is 9.77. The van der Waals surface area contributed by atoms with Gasteiger partial charge < -0.3 is 5.73 Å². The number of nitrogens with zero attached hydrogens (tertiary/aromatic N) is 2. The lowest BCUT2D eigenvalue weighted by Gasteiger charge is -2.19. The van der Waals surface area contributed by atoms with Crippen LogP contribution in [0.3, 0.4) is 0 Å². The van der Waals surface area contributed by atoms with Crippen molar-refractivity contribution < 1.29 is 0 Å². The van der Waals surface area contributed by atoms with E-state index in [0.29, 0.717) is 11.8 Å². The van der Waals surface area contributed by atoms with Crippen LogP contribution in [0.1, 0.15) is 31.4 Å². The first kappa shape index (κ1) is 10.9. The van der Waals surface area contributed by atoms with E-state index in [1.165, 1.54) is 11.1 Å². The molecule has 1 aliphatic rings. The maximum absolute atomic E-state index is 5.68. The molecule has 0 radical (unpaired) electrons. The normalized spacial score (nSPS) is 20.2. The van der Waals surface area contributed by atoms with E-state index in [1.807, 2.05) is 6.07 Å². The molecular weight excluding hydrogens is 198 g/mol. The van der Waals surface area contributed by atoms with Gasteiger partial charge in [-0.25, -0.2) is 0 Å². The predicted octanol–water partition coefficient (Wildman–Crippen LogP) is 2.35. The summed E-state index contributed by atoms with van der Waals surface area (Å²) in [5.41, 5.74) is 9.28. The van der Waals surface area contributed by atoms with Gasteiger partial charge in [0.15, 0.2) is 0 Å². The van der Waals surface area contributed by atoms with Crippen LogP contribution in [-0.2, 0) is 6.42 Å². The molecule has 16 heavy (non-hydrogen) atoms. The highest BCUT2D eigenvalue weighted by Crippen LogP contribution is 2.20. The fourth-order valence-corrected chi connectivity index (χ4v) is 2.07. The molecule has 3 heteroatoms. The molecule has 0 aromatic heterocycles. The van der Waals surface area contributed by atoms with E-state index >= 15 is 0 Å². The van der Waals surface area contributed by atoms with Crippen LogP contribution in [-0.4, -0.2) is 11.5 Å². The van der Waals surface area contributed by atoms with Crippen LogP contribution in [0.5, 0.6) is 0 Å². The molecule has 2 N–H and O–H groups in total. The standard InChI is InChI=1S/C13H17N3/c1-3-10-6-4-5-7-11(10)13-9(2)8-12(14)15-16-13/h4-7,9H,3,8H2,1-2H3,(H2,14,15). The Morgan fingerprint density at radius 2 is 2.06 bits per heavy atom. The van der Waals surface area contributed by atoms with Gasteiger partial charge in [-0.2, -0.15) is 5.10 Å². The summed E-state index contributed by atoms with van der Waals surface area (Å²) in [6.07, 6.45) is 1.82.